The van der Waals surface area contributed by atoms with Gasteiger partial charge in [0.05, 0.1) is 36.7 Å². The molecule has 0 unspecified atom stereocenters. The molecular formula is C60H48N6O4. The Kier molecular flexibility index (Phi) is 13.8. The van der Waals surface area contributed by atoms with Gasteiger partial charge in [0.25, 0.3) is 11.8 Å². The zero-order chi connectivity index (χ0) is 48.4. The summed E-state index contributed by atoms with van der Waals surface area (Å²) in [4.78, 5) is 30.9. The number of carbonyl (C=O) groups excluding carboxylic acids is 2. The smallest absolute Gasteiger partial charge is 0.261 e. The van der Waals surface area contributed by atoms with Gasteiger partial charge in [-0.3, -0.25) is 9.59 Å². The second kappa shape index (κ2) is 21.1. The van der Waals surface area contributed by atoms with Crippen molar-refractivity contribution in [1.29, 1.82) is 0 Å². The van der Waals surface area contributed by atoms with Gasteiger partial charge in [-0.1, -0.05) is 158 Å². The van der Waals surface area contributed by atoms with Crippen LogP contribution in [0.5, 0.6) is 11.5 Å². The number of ether oxygens (including phenoxy) is 2. The molecule has 9 aromatic carbocycles. The highest BCUT2D eigenvalue weighted by molar-refractivity contribution is 6.14. The van der Waals surface area contributed by atoms with Gasteiger partial charge in [-0.05, 0) is 93.7 Å². The van der Waals surface area contributed by atoms with Crippen LogP contribution in [0.4, 0.5) is 34.1 Å². The molecule has 0 saturated heterocycles. The molecule has 10 heteroatoms. The second-order valence-electron chi connectivity index (χ2n) is 16.4. The van der Waals surface area contributed by atoms with E-state index in [-0.39, 0.29) is 11.8 Å². The maximum absolute atomic E-state index is 13.9. The molecule has 0 aliphatic rings. The fraction of sp³-hybridized carbons (Fsp3) is 0.0667. The molecule has 70 heavy (non-hydrogen) atoms. The number of benzene rings is 9. The van der Waals surface area contributed by atoms with E-state index in [1.165, 1.54) is 0 Å². The Labute approximate surface area is 406 Å². The molecule has 0 radical (unpaired) electrons. The molecule has 0 spiro atoms. The standard InChI is InChI=1S/C60H48N6O4/c1-65(49-23-7-5-8-24-49)59(67)53-39-45-19-11-13-27-51(45)55(57(53)69-3)63-61-47-21-15-17-43(37-47)35-33-41-29-31-42(32-30-41)34-36-44-18-16-22-48(38-44)62-64-56-52-28-14-12-20-46(52)40-54(58(56)70-4)60(68)66(2)50-25-9-6-10-26-50/h5-40H,1-4H3. The third-order valence-corrected chi connectivity index (χ3v) is 11.9. The van der Waals surface area contributed by atoms with E-state index in [0.29, 0.717) is 45.4 Å². The van der Waals surface area contributed by atoms with E-state index in [0.717, 1.165) is 55.2 Å². The Morgan fingerprint density at radius 3 is 1.17 bits per heavy atom. The predicted octanol–water partition coefficient (Wildman–Crippen LogP) is 15.7. The fourth-order valence-corrected chi connectivity index (χ4v) is 8.15. The average molecular weight is 917 g/mol. The Hall–Kier alpha value is -9.28. The summed E-state index contributed by atoms with van der Waals surface area (Å²) in [5.74, 6) is 0.281. The van der Waals surface area contributed by atoms with Crippen molar-refractivity contribution in [1.82, 2.24) is 0 Å². The van der Waals surface area contributed by atoms with Crippen molar-refractivity contribution in [2.45, 2.75) is 0 Å². The van der Waals surface area contributed by atoms with Gasteiger partial charge >= 0.3 is 0 Å². The van der Waals surface area contributed by atoms with Crippen LogP contribution in [-0.4, -0.2) is 40.1 Å². The fourth-order valence-electron chi connectivity index (χ4n) is 8.15. The predicted molar refractivity (Wildman–Crippen MR) is 285 cm³/mol. The molecule has 0 atom stereocenters. The molecule has 0 N–H and O–H groups in total. The number of hydrogen-bond donors (Lipinski definition) is 0. The van der Waals surface area contributed by atoms with Gasteiger partial charge < -0.3 is 19.3 Å². The van der Waals surface area contributed by atoms with Gasteiger partial charge in [0, 0.05) is 36.2 Å². The van der Waals surface area contributed by atoms with E-state index in [2.05, 4.69) is 46.6 Å². The van der Waals surface area contributed by atoms with E-state index in [9.17, 15) is 9.59 Å². The number of amides is 2. The highest BCUT2D eigenvalue weighted by Gasteiger charge is 2.25. The zero-order valence-corrected chi connectivity index (χ0v) is 39.1. The lowest BCUT2D eigenvalue weighted by Gasteiger charge is -2.20. The molecule has 0 bridgehead atoms. The molecular weight excluding hydrogens is 869 g/mol. The highest BCUT2D eigenvalue weighted by atomic mass is 16.5. The summed E-state index contributed by atoms with van der Waals surface area (Å²) in [5.41, 5.74) is 8.55. The van der Waals surface area contributed by atoms with Crippen LogP contribution < -0.4 is 19.3 Å². The zero-order valence-electron chi connectivity index (χ0n) is 39.1. The van der Waals surface area contributed by atoms with E-state index in [1.807, 2.05) is 182 Å². The SMILES string of the molecule is COc1c(C(=O)N(C)c2ccccc2)cc2ccccc2c1N=Nc1cccc(C=Cc2ccc(C=Cc3cccc(N=Nc4c(OC)c(C(=O)N(C)c5ccccc5)cc5ccccc45)c3)cc2)c1. The van der Waals surface area contributed by atoms with Crippen molar-refractivity contribution in [2.75, 3.05) is 38.1 Å². The largest absolute Gasteiger partial charge is 0.494 e. The Morgan fingerprint density at radius 1 is 0.400 bits per heavy atom. The summed E-state index contributed by atoms with van der Waals surface area (Å²) in [6.45, 7) is 0. The lowest BCUT2D eigenvalue weighted by atomic mass is 10.0. The molecule has 10 nitrogen and oxygen atoms in total. The number of anilines is 2. The number of para-hydroxylation sites is 2. The number of carbonyl (C=O) groups is 2. The van der Waals surface area contributed by atoms with Gasteiger partial charge in [0.15, 0.2) is 11.5 Å². The van der Waals surface area contributed by atoms with Crippen LogP contribution in [0.1, 0.15) is 43.0 Å². The van der Waals surface area contributed by atoms with E-state index in [1.54, 1.807) is 38.1 Å². The van der Waals surface area contributed by atoms with Crippen LogP contribution in [-0.2, 0) is 0 Å². The first-order chi connectivity index (χ1) is 34.3. The molecule has 0 fully saturated rings. The average Bonchev–Trinajstić information content (AvgIpc) is 3.42. The normalized spacial score (nSPS) is 11.6. The number of hydrogen-bond acceptors (Lipinski definition) is 8. The van der Waals surface area contributed by atoms with Crippen LogP contribution in [0.3, 0.4) is 0 Å². The quantitative estimate of drug-likeness (QED) is 0.0799. The monoisotopic (exact) mass is 916 g/mol. The summed E-state index contributed by atoms with van der Waals surface area (Å²) in [7, 11) is 6.59. The van der Waals surface area contributed by atoms with Crippen LogP contribution >= 0.6 is 0 Å². The van der Waals surface area contributed by atoms with Crippen LogP contribution in [0, 0.1) is 0 Å². The summed E-state index contributed by atoms with van der Waals surface area (Å²) in [6, 6.07) is 62.1. The summed E-state index contributed by atoms with van der Waals surface area (Å²) in [5, 5.41) is 22.0. The number of nitrogens with zero attached hydrogens (tertiary/aromatic N) is 6. The number of methoxy groups -OCH3 is 2. The van der Waals surface area contributed by atoms with Gasteiger partial charge in [-0.2, -0.15) is 10.2 Å². The summed E-state index contributed by atoms with van der Waals surface area (Å²) in [6.07, 6.45) is 8.18. The summed E-state index contributed by atoms with van der Waals surface area (Å²) >= 11 is 0. The first-order valence-corrected chi connectivity index (χ1v) is 22.6. The molecule has 9 aromatic rings. The molecule has 2 amide bonds. The molecule has 342 valence electrons. The lowest BCUT2D eigenvalue weighted by molar-refractivity contribution is 0.0982. The van der Waals surface area contributed by atoms with Gasteiger partial charge in [0.2, 0.25) is 0 Å². The van der Waals surface area contributed by atoms with Crippen LogP contribution in [0.2, 0.25) is 0 Å². The van der Waals surface area contributed by atoms with Crippen molar-refractivity contribution in [3.05, 3.63) is 228 Å². The first-order valence-electron chi connectivity index (χ1n) is 22.6. The van der Waals surface area contributed by atoms with E-state index >= 15 is 0 Å². The molecule has 0 heterocycles. The highest BCUT2D eigenvalue weighted by Crippen LogP contribution is 2.42. The lowest BCUT2D eigenvalue weighted by Crippen LogP contribution is -2.26. The Morgan fingerprint density at radius 2 is 0.771 bits per heavy atom. The van der Waals surface area contributed by atoms with Gasteiger partial charge in [-0.25, -0.2) is 0 Å². The molecule has 0 aliphatic heterocycles. The minimum Gasteiger partial charge on any atom is -0.494 e. The van der Waals surface area contributed by atoms with E-state index < -0.39 is 0 Å². The molecule has 0 saturated carbocycles. The minimum atomic E-state index is -0.218. The Bertz CT molecular complexity index is 3250. The molecule has 0 aliphatic carbocycles. The van der Waals surface area contributed by atoms with Crippen molar-refractivity contribution in [3.63, 3.8) is 0 Å². The molecule has 0 aromatic heterocycles. The van der Waals surface area contributed by atoms with Crippen molar-refractivity contribution in [3.8, 4) is 11.5 Å². The molecule has 9 rings (SSSR count). The van der Waals surface area contributed by atoms with Crippen molar-refractivity contribution < 1.29 is 19.1 Å². The maximum Gasteiger partial charge on any atom is 0.261 e. The summed E-state index contributed by atoms with van der Waals surface area (Å²) < 4.78 is 11.7. The van der Waals surface area contributed by atoms with Crippen molar-refractivity contribution >= 4 is 91.8 Å². The van der Waals surface area contributed by atoms with Crippen molar-refractivity contribution in [2.24, 2.45) is 20.5 Å². The minimum absolute atomic E-state index is 0.218. The Balaban J connectivity index is 0.890. The topological polar surface area (TPSA) is 109 Å². The van der Waals surface area contributed by atoms with E-state index in [4.69, 9.17) is 19.7 Å². The number of fused-ring (bicyclic) bond motifs is 2. The third kappa shape index (κ3) is 10.2. The number of azo groups is 2. The first kappa shape index (κ1) is 45.9. The van der Waals surface area contributed by atoms with Gasteiger partial charge in [0.1, 0.15) is 11.4 Å². The third-order valence-electron chi connectivity index (χ3n) is 11.9. The number of rotatable bonds is 14. The second-order valence-corrected chi connectivity index (χ2v) is 16.4. The van der Waals surface area contributed by atoms with Crippen LogP contribution in [0.25, 0.3) is 45.8 Å². The van der Waals surface area contributed by atoms with Gasteiger partial charge in [-0.15, -0.1) is 10.2 Å². The maximum atomic E-state index is 13.9. The van der Waals surface area contributed by atoms with Crippen LogP contribution in [0.15, 0.2) is 215 Å².